The highest BCUT2D eigenvalue weighted by Gasteiger charge is 2.78. The van der Waals surface area contributed by atoms with E-state index in [-0.39, 0.29) is 36.9 Å². The summed E-state index contributed by atoms with van der Waals surface area (Å²) in [5, 5.41) is 16.8. The number of nitrogens with zero attached hydrogens (tertiary/aromatic N) is 7. The minimum Gasteiger partial charge on any atom is -0.357 e. The molecule has 4 fully saturated rings. The number of alkyl halides is 2. The summed E-state index contributed by atoms with van der Waals surface area (Å²) in [7, 11) is 0. The second-order valence-corrected chi connectivity index (χ2v) is 14.3. The topological polar surface area (TPSA) is 144 Å². The number of hydrogen-bond donors (Lipinski definition) is 3. The third kappa shape index (κ3) is 5.41. The maximum Gasteiger partial charge on any atom is 0.328 e. The molecule has 5 aliphatic rings. The molecule has 4 amide bonds. The summed E-state index contributed by atoms with van der Waals surface area (Å²) in [6.07, 6.45) is 9.95. The van der Waals surface area contributed by atoms with Crippen molar-refractivity contribution in [1.29, 1.82) is 0 Å². The van der Waals surface area contributed by atoms with Gasteiger partial charge in [0.2, 0.25) is 5.91 Å². The molecule has 2 aliphatic carbocycles. The van der Waals surface area contributed by atoms with Crippen LogP contribution >= 0.6 is 0 Å². The summed E-state index contributed by atoms with van der Waals surface area (Å²) in [5.41, 5.74) is 1.65. The smallest absolute Gasteiger partial charge is 0.328 e. The summed E-state index contributed by atoms with van der Waals surface area (Å²) in [6, 6.07) is 3.68. The molecular weight excluding hydrogens is 622 g/mol. The molecule has 0 spiro atoms. The van der Waals surface area contributed by atoms with Crippen LogP contribution in [-0.4, -0.2) is 92.9 Å². The number of likely N-dealkylation sites (tertiary alicyclic amines) is 1. The van der Waals surface area contributed by atoms with E-state index < -0.39 is 29.2 Å². The van der Waals surface area contributed by atoms with Gasteiger partial charge in [0, 0.05) is 80.9 Å². The first-order valence-electron chi connectivity index (χ1n) is 16.9. The van der Waals surface area contributed by atoms with Gasteiger partial charge in [-0.3, -0.25) is 29.6 Å². The van der Waals surface area contributed by atoms with E-state index in [0.29, 0.717) is 35.1 Å². The number of carbonyl (C=O) groups is 3. The normalized spacial score (nSPS) is 26.2. The molecule has 0 bridgehead atoms. The summed E-state index contributed by atoms with van der Waals surface area (Å²) in [4.78, 5) is 47.6. The number of anilines is 3. The van der Waals surface area contributed by atoms with Crippen molar-refractivity contribution in [2.75, 3.05) is 54.4 Å². The molecule has 8 rings (SSSR count). The summed E-state index contributed by atoms with van der Waals surface area (Å²) >= 11 is 0. The number of pyridine rings is 1. The minimum absolute atomic E-state index is 0.160. The molecule has 3 N–H and O–H groups in total. The first-order chi connectivity index (χ1) is 23.1. The van der Waals surface area contributed by atoms with E-state index in [1.165, 1.54) is 0 Å². The van der Waals surface area contributed by atoms with Crippen LogP contribution in [0.1, 0.15) is 66.8 Å². The standard InChI is InChI=1S/C33H40F2N10O3/c1-32-15-25-24(14-26(32)33(32,34)35)29(41-40-25)30(47)38-21-16-37-45(19-21)22-6-9-42(10-7-22)18-20-4-11-43(12-5-20)27-3-2-23(17-36-27)44-13-8-28(46)39-31(44)48/h2-3,16-17,19-20,22,26H,4-15,18H2,1H3,(H,38,47)(H,40,41)(H,39,46,48)/t26-,32+/m0/s1. The van der Waals surface area contributed by atoms with E-state index in [0.717, 1.165) is 64.2 Å². The number of aromatic amines is 1. The first-order valence-corrected chi connectivity index (χ1v) is 16.9. The fourth-order valence-electron chi connectivity index (χ4n) is 8.20. The number of nitrogens with one attached hydrogen (secondary N) is 3. The molecule has 15 heteroatoms. The molecule has 0 radical (unpaired) electrons. The molecule has 3 saturated heterocycles. The highest BCUT2D eigenvalue weighted by molar-refractivity contribution is 6.05. The maximum atomic E-state index is 14.3. The van der Waals surface area contributed by atoms with Crippen LogP contribution in [0.5, 0.6) is 0 Å². The van der Waals surface area contributed by atoms with Crippen LogP contribution in [0, 0.1) is 17.3 Å². The van der Waals surface area contributed by atoms with Crippen molar-refractivity contribution in [1.82, 2.24) is 35.2 Å². The molecule has 1 saturated carbocycles. The van der Waals surface area contributed by atoms with Gasteiger partial charge in [-0.2, -0.15) is 10.2 Å². The molecule has 6 heterocycles. The van der Waals surface area contributed by atoms with E-state index in [2.05, 4.69) is 40.7 Å². The number of carbonyl (C=O) groups excluding carboxylic acids is 3. The van der Waals surface area contributed by atoms with Crippen molar-refractivity contribution in [3.05, 3.63) is 47.7 Å². The molecule has 13 nitrogen and oxygen atoms in total. The predicted molar refractivity (Wildman–Crippen MR) is 172 cm³/mol. The highest BCUT2D eigenvalue weighted by atomic mass is 19.3. The molecule has 0 unspecified atom stereocenters. The Morgan fingerprint density at radius 1 is 1.06 bits per heavy atom. The van der Waals surface area contributed by atoms with Crippen LogP contribution in [0.3, 0.4) is 0 Å². The molecule has 3 aromatic heterocycles. The van der Waals surface area contributed by atoms with Crippen molar-refractivity contribution in [2.24, 2.45) is 17.3 Å². The maximum absolute atomic E-state index is 14.3. The number of aromatic nitrogens is 5. The largest absolute Gasteiger partial charge is 0.357 e. The van der Waals surface area contributed by atoms with Crippen LogP contribution < -0.4 is 20.4 Å². The zero-order valence-electron chi connectivity index (χ0n) is 26.9. The van der Waals surface area contributed by atoms with Crippen LogP contribution in [0.2, 0.25) is 0 Å². The van der Waals surface area contributed by atoms with Gasteiger partial charge in [-0.15, -0.1) is 0 Å². The van der Waals surface area contributed by atoms with Gasteiger partial charge in [-0.05, 0) is 50.2 Å². The fourth-order valence-corrected chi connectivity index (χ4v) is 8.20. The van der Waals surface area contributed by atoms with Gasteiger partial charge >= 0.3 is 6.03 Å². The van der Waals surface area contributed by atoms with Gasteiger partial charge in [-0.25, -0.2) is 18.6 Å². The lowest BCUT2D eigenvalue weighted by molar-refractivity contribution is -0.120. The van der Waals surface area contributed by atoms with Crippen LogP contribution in [-0.2, 0) is 17.6 Å². The van der Waals surface area contributed by atoms with Gasteiger partial charge < -0.3 is 15.1 Å². The third-order valence-electron chi connectivity index (χ3n) is 11.3. The number of hydrogen-bond acceptors (Lipinski definition) is 8. The Kier molecular flexibility index (Phi) is 7.49. The van der Waals surface area contributed by atoms with Crippen LogP contribution in [0.15, 0.2) is 30.7 Å². The minimum atomic E-state index is -2.71. The lowest BCUT2D eigenvalue weighted by Crippen LogP contribution is -2.49. The number of piperidine rings is 2. The lowest BCUT2D eigenvalue weighted by Gasteiger charge is -2.38. The number of amides is 4. The van der Waals surface area contributed by atoms with Crippen LogP contribution in [0.4, 0.5) is 30.8 Å². The number of urea groups is 1. The van der Waals surface area contributed by atoms with Crippen molar-refractivity contribution in [3.8, 4) is 0 Å². The summed E-state index contributed by atoms with van der Waals surface area (Å²) in [5.74, 6) is -2.58. The summed E-state index contributed by atoms with van der Waals surface area (Å²) < 4.78 is 30.5. The van der Waals surface area contributed by atoms with Gasteiger partial charge in [0.25, 0.3) is 11.8 Å². The summed E-state index contributed by atoms with van der Waals surface area (Å²) in [6.45, 7) is 6.86. The van der Waals surface area contributed by atoms with E-state index >= 15 is 0 Å². The molecule has 3 aromatic rings. The average molecular weight is 663 g/mol. The Morgan fingerprint density at radius 2 is 1.85 bits per heavy atom. The molecule has 0 aromatic carbocycles. The molecular formula is C33H40F2N10O3. The van der Waals surface area contributed by atoms with Gasteiger partial charge in [0.1, 0.15) is 5.82 Å². The zero-order valence-corrected chi connectivity index (χ0v) is 26.9. The van der Waals surface area contributed by atoms with Crippen molar-refractivity contribution in [2.45, 2.75) is 63.8 Å². The molecule has 254 valence electrons. The van der Waals surface area contributed by atoms with Crippen molar-refractivity contribution in [3.63, 3.8) is 0 Å². The Labute approximate surface area is 276 Å². The van der Waals surface area contributed by atoms with Crippen molar-refractivity contribution < 1.29 is 23.2 Å². The molecule has 2 atom stereocenters. The van der Waals surface area contributed by atoms with Crippen molar-refractivity contribution >= 4 is 35.0 Å². The average Bonchev–Trinajstić information content (AvgIpc) is 3.50. The Hall–Kier alpha value is -4.40. The highest BCUT2D eigenvalue weighted by Crippen LogP contribution is 2.70. The second-order valence-electron chi connectivity index (χ2n) is 14.3. The van der Waals surface area contributed by atoms with E-state index in [1.807, 2.05) is 23.0 Å². The number of imide groups is 1. The molecule has 48 heavy (non-hydrogen) atoms. The van der Waals surface area contributed by atoms with Crippen LogP contribution in [0.25, 0.3) is 0 Å². The van der Waals surface area contributed by atoms with Gasteiger partial charge in [-0.1, -0.05) is 6.92 Å². The van der Waals surface area contributed by atoms with E-state index in [9.17, 15) is 23.2 Å². The second kappa shape index (κ2) is 11.6. The predicted octanol–water partition coefficient (Wildman–Crippen LogP) is 3.62. The Bertz CT molecular complexity index is 1720. The number of H-pyrrole nitrogens is 1. The number of rotatable bonds is 7. The monoisotopic (exact) mass is 662 g/mol. The number of halogens is 2. The lowest BCUT2D eigenvalue weighted by atomic mass is 9.87. The first kappa shape index (κ1) is 30.9. The van der Waals surface area contributed by atoms with E-state index in [1.54, 1.807) is 24.2 Å². The Morgan fingerprint density at radius 3 is 2.58 bits per heavy atom. The van der Waals surface area contributed by atoms with Gasteiger partial charge in [0.15, 0.2) is 5.69 Å². The Balaban J connectivity index is 0.784. The quantitative estimate of drug-likeness (QED) is 0.348. The molecule has 3 aliphatic heterocycles. The van der Waals surface area contributed by atoms with Gasteiger partial charge in [0.05, 0.1) is 29.8 Å². The number of fused-ring (bicyclic) bond motifs is 2. The SMILES string of the molecule is C[C@@]12Cc3[nH]nc(C(=O)Nc4cnn(C5CCN(CC6CCN(c7ccc(N8CCC(=O)NC8=O)cn7)CC6)CC5)c4)c3C[C@@H]1C2(F)F. The fraction of sp³-hybridized carbons (Fsp3) is 0.576. The third-order valence-corrected chi connectivity index (χ3v) is 11.3. The van der Waals surface area contributed by atoms with E-state index in [4.69, 9.17) is 0 Å². The zero-order chi connectivity index (χ0) is 33.2.